The van der Waals surface area contributed by atoms with E-state index in [1.54, 1.807) is 12.1 Å². The van der Waals surface area contributed by atoms with Crippen LogP contribution in [0, 0.1) is 26.6 Å². The molecule has 1 heterocycles. The molecule has 0 saturated carbocycles. The van der Waals surface area contributed by atoms with Crippen molar-refractivity contribution in [2.45, 2.75) is 40.7 Å². The summed E-state index contributed by atoms with van der Waals surface area (Å²) in [5.74, 6) is 0.591. The lowest BCUT2D eigenvalue weighted by molar-refractivity contribution is 0.625. The maximum Gasteiger partial charge on any atom is 0.152 e. The second kappa shape index (κ2) is 5.99. The number of aryl methyl sites for hydroxylation is 2. The van der Waals surface area contributed by atoms with Gasteiger partial charge in [-0.1, -0.05) is 13.0 Å². The molecular formula is C16H22FN3. The van der Waals surface area contributed by atoms with Gasteiger partial charge in [0, 0.05) is 7.97 Å². The number of nitrogens with one attached hydrogen (secondary N) is 1. The monoisotopic (exact) mass is 275 g/mol. The molecule has 4 heteroatoms. The molecule has 0 atom stereocenters. The van der Waals surface area contributed by atoms with Gasteiger partial charge < -0.3 is 5.32 Å². The molecule has 2 rings (SSSR count). The van der Waals surface area contributed by atoms with E-state index in [2.05, 4.69) is 29.4 Å². The van der Waals surface area contributed by atoms with Crippen molar-refractivity contribution in [3.8, 4) is 0 Å². The molecule has 3 nitrogen and oxygen atoms in total. The largest absolute Gasteiger partial charge is 0.364 e. The average molecular weight is 275 g/mol. The molecule has 1 aromatic heterocycles. The molecule has 1 N–H and O–H groups in total. The fourth-order valence-electron chi connectivity index (χ4n) is 2.19. The molecule has 0 aliphatic carbocycles. The summed E-state index contributed by atoms with van der Waals surface area (Å²) >= 11 is 0. The summed E-state index contributed by atoms with van der Waals surface area (Å²) < 4.78 is 13.1. The number of nitrogens with zero attached hydrogens (tertiary/aromatic N) is 2. The van der Waals surface area contributed by atoms with Crippen molar-refractivity contribution in [2.24, 2.45) is 0 Å². The van der Waals surface area contributed by atoms with Gasteiger partial charge in [0.25, 0.3) is 0 Å². The van der Waals surface area contributed by atoms with E-state index in [-0.39, 0.29) is 7.24 Å². The van der Waals surface area contributed by atoms with Crippen LogP contribution in [0.5, 0.6) is 0 Å². The Bertz CT molecular complexity index is 629. The first-order valence-corrected chi connectivity index (χ1v) is 6.84. The van der Waals surface area contributed by atoms with Crippen LogP contribution in [0.25, 0.3) is 0 Å². The molecule has 0 aliphatic heterocycles. The van der Waals surface area contributed by atoms with Gasteiger partial charge >= 0.3 is 0 Å². The van der Waals surface area contributed by atoms with E-state index in [1.165, 1.54) is 11.6 Å². The van der Waals surface area contributed by atoms with Crippen molar-refractivity contribution >= 4 is 5.82 Å². The predicted molar refractivity (Wildman–Crippen MR) is 81.5 cm³/mol. The van der Waals surface area contributed by atoms with Crippen LogP contribution in [0.4, 0.5) is 10.2 Å². The maximum absolute atomic E-state index is 13.1. The highest BCUT2D eigenvalue weighted by Gasteiger charge is 2.08. The molecule has 0 amide bonds. The molecule has 1 aromatic carbocycles. The topological polar surface area (TPSA) is 37.8 Å². The number of aromatic nitrogens is 2. The van der Waals surface area contributed by atoms with Gasteiger partial charge in [-0.3, -0.25) is 0 Å². The summed E-state index contributed by atoms with van der Waals surface area (Å²) in [5.41, 5.74) is 5.33. The second-order valence-electron chi connectivity index (χ2n) is 5.02. The highest BCUT2D eigenvalue weighted by atomic mass is 19.1. The van der Waals surface area contributed by atoms with Gasteiger partial charge in [-0.05, 0) is 61.6 Å². The van der Waals surface area contributed by atoms with Crippen LogP contribution in [-0.4, -0.2) is 10.2 Å². The highest BCUT2D eigenvalue weighted by molar-refractivity contribution is 5.48. The van der Waals surface area contributed by atoms with Crippen molar-refractivity contribution in [3.63, 3.8) is 0 Å². The number of rotatable bonds is 4. The third kappa shape index (κ3) is 2.95. The Kier molecular flexibility index (Phi) is 4.32. The van der Waals surface area contributed by atoms with Gasteiger partial charge in [-0.25, -0.2) is 4.39 Å². The minimum absolute atomic E-state index is 0. The minimum Gasteiger partial charge on any atom is -0.364 e. The van der Waals surface area contributed by atoms with Gasteiger partial charge in [-0.2, -0.15) is 5.10 Å². The Hall–Kier alpha value is -1.97. The first-order valence-electron chi connectivity index (χ1n) is 6.84. The summed E-state index contributed by atoms with van der Waals surface area (Å²) in [7, 11) is 0. The molecule has 108 valence electrons. The van der Waals surface area contributed by atoms with Crippen molar-refractivity contribution in [1.82, 2.24) is 10.2 Å². The van der Waals surface area contributed by atoms with Crippen LogP contribution < -0.4 is 5.32 Å². The molecule has 0 spiro atoms. The number of anilines is 1. The van der Waals surface area contributed by atoms with Gasteiger partial charge in [0.05, 0.1) is 5.69 Å². The summed E-state index contributed by atoms with van der Waals surface area (Å²) in [6.07, 6.45) is 0.886. The summed E-state index contributed by atoms with van der Waals surface area (Å²) in [4.78, 5) is 0. The van der Waals surface area contributed by atoms with E-state index < -0.39 is 0 Å². The summed E-state index contributed by atoms with van der Waals surface area (Å²) in [5, 5.41) is 11.8. The van der Waals surface area contributed by atoms with Crippen molar-refractivity contribution < 1.29 is 5.82 Å². The van der Waals surface area contributed by atoms with Crippen LogP contribution in [-0.2, 0) is 13.0 Å². The van der Waals surface area contributed by atoms with Crippen molar-refractivity contribution in [1.29, 1.82) is 0 Å². The lowest BCUT2D eigenvalue weighted by Crippen LogP contribution is -2.08. The summed E-state index contributed by atoms with van der Waals surface area (Å²) in [6.45, 7) is 8.71. The molecule has 0 unspecified atom stereocenters. The lowest BCUT2D eigenvalue weighted by atomic mass is 10.1. The van der Waals surface area contributed by atoms with Crippen LogP contribution in [0.1, 0.15) is 36.3 Å². The highest BCUT2D eigenvalue weighted by Crippen LogP contribution is 2.19. The molecule has 0 saturated heterocycles. The first-order chi connectivity index (χ1) is 9.52. The Morgan fingerprint density at radius 2 is 1.90 bits per heavy atom. The number of halogens is 1. The van der Waals surface area contributed by atoms with Crippen LogP contribution >= 0.6 is 0 Å². The molecule has 0 fully saturated rings. The first kappa shape index (κ1) is 14.4. The normalized spacial score (nSPS) is 10.7. The quantitative estimate of drug-likeness (QED) is 0.917. The number of hydrogen-bond donors (Lipinski definition) is 1. The zero-order valence-electron chi connectivity index (χ0n) is 12.4. The smallest absolute Gasteiger partial charge is 0.152 e. The molecular weight excluding hydrogens is 253 g/mol. The SMILES string of the molecule is CCc1nnc(NCc2ccc(F)cc2C)c(C)c1C.[HH]. The van der Waals surface area contributed by atoms with Crippen molar-refractivity contribution in [2.75, 3.05) is 5.32 Å². The molecule has 0 radical (unpaired) electrons. The van der Waals surface area contributed by atoms with Crippen LogP contribution in [0.3, 0.4) is 0 Å². The van der Waals surface area contributed by atoms with Crippen LogP contribution in [0.2, 0.25) is 0 Å². The Labute approximate surface area is 120 Å². The minimum atomic E-state index is -0.203. The van der Waals surface area contributed by atoms with Gasteiger partial charge in [0.1, 0.15) is 5.82 Å². The zero-order chi connectivity index (χ0) is 14.7. The van der Waals surface area contributed by atoms with E-state index in [4.69, 9.17) is 0 Å². The molecule has 2 aromatic rings. The number of hydrogen-bond acceptors (Lipinski definition) is 3. The van der Waals surface area contributed by atoms with Gasteiger partial charge in [-0.15, -0.1) is 5.10 Å². The van der Waals surface area contributed by atoms with Gasteiger partial charge in [0.2, 0.25) is 0 Å². The standard InChI is InChI=1S/C16H20FN3.H2/c1-5-15-11(3)12(4)16(20-19-15)18-9-13-6-7-14(17)8-10(13)2;/h6-8H,5,9H2,1-4H3,(H,18,20);1H. The lowest BCUT2D eigenvalue weighted by Gasteiger charge is -2.13. The maximum atomic E-state index is 13.1. The van der Waals surface area contributed by atoms with Crippen LogP contribution in [0.15, 0.2) is 18.2 Å². The second-order valence-corrected chi connectivity index (χ2v) is 5.02. The van der Waals surface area contributed by atoms with E-state index in [0.29, 0.717) is 6.54 Å². The van der Waals surface area contributed by atoms with Crippen molar-refractivity contribution in [3.05, 3.63) is 52.0 Å². The zero-order valence-corrected chi connectivity index (χ0v) is 12.4. The fraction of sp³-hybridized carbons (Fsp3) is 0.375. The van der Waals surface area contributed by atoms with E-state index in [1.807, 2.05) is 13.8 Å². The Morgan fingerprint density at radius 3 is 2.55 bits per heavy atom. The molecule has 0 aliphatic rings. The number of benzene rings is 1. The predicted octanol–water partition coefficient (Wildman–Crippen LogP) is 3.96. The third-order valence-corrected chi connectivity index (χ3v) is 3.71. The Morgan fingerprint density at radius 1 is 1.15 bits per heavy atom. The van der Waals surface area contributed by atoms with E-state index in [0.717, 1.165) is 34.6 Å². The van der Waals surface area contributed by atoms with E-state index in [9.17, 15) is 4.39 Å². The summed E-state index contributed by atoms with van der Waals surface area (Å²) in [6, 6.07) is 4.82. The Balaban J connectivity index is 0.00000220. The molecule has 20 heavy (non-hydrogen) atoms. The average Bonchev–Trinajstić information content (AvgIpc) is 2.42. The van der Waals surface area contributed by atoms with E-state index >= 15 is 0 Å². The molecule has 0 bridgehead atoms. The third-order valence-electron chi connectivity index (χ3n) is 3.71. The van der Waals surface area contributed by atoms with Gasteiger partial charge in [0.15, 0.2) is 5.82 Å². The fourth-order valence-corrected chi connectivity index (χ4v) is 2.19.